The zero-order valence-corrected chi connectivity index (χ0v) is 58.5. The fraction of sp³-hybridized carbons (Fsp3) is 0.913. The standard InChI is InChI=1S/C69H125N3O26/c1-5-7-9-11-13-15-17-19-20-21-22-24-26-28-30-32-34-36-52(81)72-45(46(78)35-33-31-29-27-25-23-18-16-14-12-10-8-6-2)41-91-66-60(87)58(85)63(49(39-74)93-66)97-67-61(88)59(86)62(50(40-75)94-67)96-65-54(71-44(4)77)57(84)56(83)51(95-65)42-92-69(68(89)90)37-47(79)53(70-43(3)76)64(98-69)55(82)48(80)38-73/h33,35,45-51,53-67,73-75,78-80,82-88H,5-32,34,36-42H2,1-4H3,(H,70,76)(H,71,77)(H,72,81)(H,89,90)/b35-33+/t45-,46+,47?,48+,49?,50?,51?,53+,54?,55+,56-,57+,58+,59+,60?,61?,62-,63+,64?,65-,66+,67-,69+/m0/s1. The molecular formula is C69H125N3O26. The molecule has 0 saturated carbocycles. The molecule has 0 spiro atoms. The van der Waals surface area contributed by atoms with Gasteiger partial charge < -0.3 is 125 Å². The summed E-state index contributed by atoms with van der Waals surface area (Å²) in [6.45, 7) is 2.05. The third-order valence-electron chi connectivity index (χ3n) is 19.0. The highest BCUT2D eigenvalue weighted by Gasteiger charge is 2.58. The molecule has 0 aromatic rings. The van der Waals surface area contributed by atoms with Gasteiger partial charge in [0.25, 0.3) is 5.79 Å². The maximum absolute atomic E-state index is 13.5. The summed E-state index contributed by atoms with van der Waals surface area (Å²) in [6, 6.07) is -4.32. The molecule has 4 fully saturated rings. The van der Waals surface area contributed by atoms with E-state index in [4.69, 9.17) is 37.9 Å². The molecule has 29 nitrogen and oxygen atoms in total. The second kappa shape index (κ2) is 47.9. The average molecular weight is 1410 g/mol. The summed E-state index contributed by atoms with van der Waals surface area (Å²) in [5, 5.41) is 161. The summed E-state index contributed by atoms with van der Waals surface area (Å²) in [5.41, 5.74) is 0. The highest BCUT2D eigenvalue weighted by Crippen LogP contribution is 2.37. The number of unbranched alkanes of at least 4 members (excludes halogenated alkanes) is 27. The molecule has 0 radical (unpaired) electrons. The summed E-state index contributed by atoms with van der Waals surface area (Å²) in [6.07, 6.45) is 0.780. The molecule has 0 bridgehead atoms. The van der Waals surface area contributed by atoms with E-state index in [1.807, 2.05) is 6.08 Å². The van der Waals surface area contributed by atoms with Crippen LogP contribution in [-0.4, -0.2) is 269 Å². The van der Waals surface area contributed by atoms with Crippen molar-refractivity contribution in [1.82, 2.24) is 16.0 Å². The lowest BCUT2D eigenvalue weighted by molar-refractivity contribution is -0.376. The van der Waals surface area contributed by atoms with Gasteiger partial charge in [-0.3, -0.25) is 14.4 Å². The minimum Gasteiger partial charge on any atom is -0.477 e. The molecule has 572 valence electrons. The quantitative estimate of drug-likeness (QED) is 0.0305. The summed E-state index contributed by atoms with van der Waals surface area (Å²) < 4.78 is 46.8. The number of hydrogen-bond acceptors (Lipinski definition) is 25. The second-order valence-corrected chi connectivity index (χ2v) is 27.2. The van der Waals surface area contributed by atoms with Crippen LogP contribution in [0.15, 0.2) is 12.2 Å². The lowest BCUT2D eigenvalue weighted by Crippen LogP contribution is -2.69. The second-order valence-electron chi connectivity index (χ2n) is 27.2. The Kier molecular flexibility index (Phi) is 42.6. The van der Waals surface area contributed by atoms with E-state index in [0.717, 1.165) is 58.8 Å². The first-order valence-corrected chi connectivity index (χ1v) is 36.6. The largest absolute Gasteiger partial charge is 0.477 e. The van der Waals surface area contributed by atoms with Crippen molar-refractivity contribution in [2.75, 3.05) is 33.0 Å². The van der Waals surface area contributed by atoms with Gasteiger partial charge in [0.1, 0.15) is 91.5 Å². The lowest BCUT2D eigenvalue weighted by atomic mass is 9.88. The molecule has 0 aromatic carbocycles. The van der Waals surface area contributed by atoms with E-state index >= 15 is 0 Å². The van der Waals surface area contributed by atoms with Gasteiger partial charge in [-0.05, 0) is 19.3 Å². The highest BCUT2D eigenvalue weighted by molar-refractivity contribution is 5.77. The molecule has 8 unspecified atom stereocenters. The number of hydrogen-bond donors (Lipinski definition) is 17. The predicted octanol–water partition coefficient (Wildman–Crippen LogP) is 1.91. The SMILES string of the molecule is CCCCCCCCCCCCC/C=C/[C@@H](O)[C@H](CO[C@@H]1OC(CO)[C@@H](O[C@@H]2OC(CO)[C@H](O[C@@H]3OC(CO[C@]4(C(=O)O)CC(O)[C@@H](NC(C)=O)C([C@H](O)[C@H](O)CO)O4)[C@H](O)[C@H](O)C3NC(C)=O)[C@H](O)C2O)[C@H](O)C1O)NC(=O)CCCCCCCCCCCCCCCCCCC. The van der Waals surface area contributed by atoms with Crippen molar-refractivity contribution in [3.63, 3.8) is 0 Å². The molecule has 4 aliphatic rings. The van der Waals surface area contributed by atoms with Crippen LogP contribution >= 0.6 is 0 Å². The topological polar surface area (TPSA) is 461 Å². The highest BCUT2D eigenvalue weighted by atomic mass is 16.8. The molecule has 0 aromatic heterocycles. The number of carbonyl (C=O) groups is 4. The predicted molar refractivity (Wildman–Crippen MR) is 355 cm³/mol. The van der Waals surface area contributed by atoms with Gasteiger partial charge >= 0.3 is 5.97 Å². The summed E-state index contributed by atoms with van der Waals surface area (Å²) in [5.74, 6) is -6.77. The zero-order chi connectivity index (χ0) is 72.2. The zero-order valence-electron chi connectivity index (χ0n) is 58.5. The first kappa shape index (κ1) is 87.2. The number of amides is 3. The van der Waals surface area contributed by atoms with Gasteiger partial charge in [0.2, 0.25) is 17.7 Å². The molecule has 29 heteroatoms. The van der Waals surface area contributed by atoms with Crippen molar-refractivity contribution in [1.29, 1.82) is 0 Å². The molecule has 4 heterocycles. The Morgan fingerprint density at radius 3 is 1.45 bits per heavy atom. The van der Waals surface area contributed by atoms with E-state index in [1.165, 1.54) is 128 Å². The third-order valence-corrected chi connectivity index (χ3v) is 19.0. The Morgan fingerprint density at radius 1 is 0.541 bits per heavy atom. The first-order chi connectivity index (χ1) is 47.0. The van der Waals surface area contributed by atoms with Gasteiger partial charge in [-0.2, -0.15) is 0 Å². The fourth-order valence-electron chi connectivity index (χ4n) is 13.1. The number of aliphatic hydroxyl groups is 13. The van der Waals surface area contributed by atoms with Crippen molar-refractivity contribution < 1.29 is 129 Å². The van der Waals surface area contributed by atoms with Gasteiger partial charge in [0.15, 0.2) is 18.9 Å². The van der Waals surface area contributed by atoms with Crippen LogP contribution in [0.4, 0.5) is 0 Å². The maximum Gasteiger partial charge on any atom is 0.364 e. The molecule has 4 saturated heterocycles. The van der Waals surface area contributed by atoms with Gasteiger partial charge in [0, 0.05) is 26.7 Å². The summed E-state index contributed by atoms with van der Waals surface area (Å²) in [4.78, 5) is 50.8. The summed E-state index contributed by atoms with van der Waals surface area (Å²) >= 11 is 0. The Bertz CT molecular complexity index is 2210. The molecule has 98 heavy (non-hydrogen) atoms. The van der Waals surface area contributed by atoms with Crippen molar-refractivity contribution in [3.05, 3.63) is 12.2 Å². The summed E-state index contributed by atoms with van der Waals surface area (Å²) in [7, 11) is 0. The van der Waals surface area contributed by atoms with E-state index in [9.17, 15) is 90.7 Å². The number of nitrogens with one attached hydrogen (secondary N) is 3. The number of aliphatic carboxylic acids is 1. The maximum atomic E-state index is 13.5. The van der Waals surface area contributed by atoms with E-state index < -0.39 is 198 Å². The lowest BCUT2D eigenvalue weighted by Gasteiger charge is -2.49. The molecular weight excluding hydrogens is 1290 g/mol. The Hall–Kier alpha value is -3.22. The number of rotatable bonds is 51. The number of aliphatic hydroxyl groups excluding tert-OH is 13. The van der Waals surface area contributed by atoms with Crippen molar-refractivity contribution in [2.45, 2.75) is 367 Å². The smallest absolute Gasteiger partial charge is 0.364 e. The van der Waals surface area contributed by atoms with Crippen LogP contribution in [0.5, 0.6) is 0 Å². The van der Waals surface area contributed by atoms with Crippen LogP contribution in [-0.2, 0) is 57.1 Å². The third kappa shape index (κ3) is 29.1. The van der Waals surface area contributed by atoms with E-state index in [-0.39, 0.29) is 12.3 Å². The molecule has 3 amide bonds. The molecule has 4 rings (SSSR count). The van der Waals surface area contributed by atoms with Crippen LogP contribution < -0.4 is 16.0 Å². The monoisotopic (exact) mass is 1410 g/mol. The number of carbonyl (C=O) groups excluding carboxylic acids is 3. The minimum atomic E-state index is -2.95. The van der Waals surface area contributed by atoms with E-state index in [0.29, 0.717) is 12.8 Å². The van der Waals surface area contributed by atoms with E-state index in [1.54, 1.807) is 6.08 Å². The van der Waals surface area contributed by atoms with Gasteiger partial charge in [0.05, 0.1) is 57.3 Å². The fourth-order valence-corrected chi connectivity index (χ4v) is 13.1. The number of carboxylic acid groups (broad SMARTS) is 1. The minimum absolute atomic E-state index is 0.195. The van der Waals surface area contributed by atoms with E-state index in [2.05, 4.69) is 29.8 Å². The first-order valence-electron chi connectivity index (χ1n) is 36.6. The molecule has 17 N–H and O–H groups in total. The Balaban J connectivity index is 1.38. The van der Waals surface area contributed by atoms with Crippen LogP contribution in [0.3, 0.4) is 0 Å². The van der Waals surface area contributed by atoms with Gasteiger partial charge in [-0.1, -0.05) is 193 Å². The van der Waals surface area contributed by atoms with Gasteiger partial charge in [-0.15, -0.1) is 0 Å². The van der Waals surface area contributed by atoms with Crippen LogP contribution in [0.2, 0.25) is 0 Å². The average Bonchev–Trinajstić information content (AvgIpc) is 0.778. The Labute approximate surface area is 578 Å². The molecule has 4 aliphatic heterocycles. The van der Waals surface area contributed by atoms with Crippen molar-refractivity contribution in [2.24, 2.45) is 0 Å². The van der Waals surface area contributed by atoms with Crippen LogP contribution in [0, 0.1) is 0 Å². The van der Waals surface area contributed by atoms with Crippen LogP contribution in [0.1, 0.15) is 227 Å². The normalized spacial score (nSPS) is 31.9. The molecule has 0 aliphatic carbocycles. The molecule has 23 atom stereocenters. The van der Waals surface area contributed by atoms with Crippen molar-refractivity contribution in [3.8, 4) is 0 Å². The van der Waals surface area contributed by atoms with Gasteiger partial charge in [-0.25, -0.2) is 4.79 Å². The number of ether oxygens (including phenoxy) is 8. The number of carboxylic acids is 1. The van der Waals surface area contributed by atoms with Crippen LogP contribution in [0.25, 0.3) is 0 Å². The number of allylic oxidation sites excluding steroid dienone is 1. The van der Waals surface area contributed by atoms with Crippen molar-refractivity contribution >= 4 is 23.7 Å². The Morgan fingerprint density at radius 2 is 0.980 bits per heavy atom.